The Morgan fingerprint density at radius 3 is 2.50 bits per heavy atom. The third-order valence-corrected chi connectivity index (χ3v) is 8.38. The molecule has 11 atom stereocenters. The van der Waals surface area contributed by atoms with E-state index < -0.39 is 77.8 Å². The van der Waals surface area contributed by atoms with Gasteiger partial charge in [-0.05, 0) is 18.6 Å². The van der Waals surface area contributed by atoms with Gasteiger partial charge in [0.25, 0.3) is 0 Å². The van der Waals surface area contributed by atoms with Crippen LogP contribution in [0.15, 0.2) is 30.3 Å². The molecule has 0 spiro atoms. The summed E-state index contributed by atoms with van der Waals surface area (Å²) in [6.45, 7) is 0.650. The summed E-state index contributed by atoms with van der Waals surface area (Å²) in [5.41, 5.74) is -1.89. The van der Waals surface area contributed by atoms with Crippen molar-refractivity contribution in [2.45, 2.75) is 74.3 Å². The van der Waals surface area contributed by atoms with Gasteiger partial charge in [-0.1, -0.05) is 18.2 Å². The Bertz CT molecular complexity index is 1050. The minimum atomic E-state index is -1.64. The average molecular weight is 508 g/mol. The lowest BCUT2D eigenvalue weighted by Gasteiger charge is -2.64. The quantitative estimate of drug-likeness (QED) is 0.326. The number of carbonyl (C=O) groups excluding carboxylic acids is 2. The highest BCUT2D eigenvalue weighted by Crippen LogP contribution is 2.78. The van der Waals surface area contributed by atoms with Gasteiger partial charge in [-0.25, -0.2) is 4.79 Å². The van der Waals surface area contributed by atoms with Crippen LogP contribution in [0.1, 0.15) is 30.1 Å². The largest absolute Gasteiger partial charge is 0.463 e. The number of esters is 2. The molecule has 7 aliphatic rings. The molecule has 0 amide bonds. The van der Waals surface area contributed by atoms with Gasteiger partial charge in [0.15, 0.2) is 18.4 Å². The molecular weight excluding hydrogens is 480 g/mol. The van der Waals surface area contributed by atoms with Crippen LogP contribution in [0.2, 0.25) is 0 Å². The maximum atomic E-state index is 12.7. The molecule has 196 valence electrons. The fraction of sp³-hybridized carbons (Fsp3) is 0.667. The Balaban J connectivity index is 1.26. The van der Waals surface area contributed by atoms with Crippen molar-refractivity contribution >= 4 is 11.9 Å². The fourth-order valence-corrected chi connectivity index (χ4v) is 6.57. The predicted molar refractivity (Wildman–Crippen MR) is 114 cm³/mol. The van der Waals surface area contributed by atoms with Crippen LogP contribution in [-0.4, -0.2) is 100 Å². The molecule has 4 aliphatic heterocycles. The van der Waals surface area contributed by atoms with Crippen LogP contribution < -0.4 is 0 Å². The van der Waals surface area contributed by atoms with Crippen molar-refractivity contribution in [2.24, 2.45) is 11.3 Å². The van der Waals surface area contributed by atoms with Gasteiger partial charge in [-0.2, -0.15) is 0 Å². The summed E-state index contributed by atoms with van der Waals surface area (Å²) >= 11 is 0. The highest BCUT2D eigenvalue weighted by atomic mass is 16.8. The topological polar surface area (TPSA) is 170 Å². The number of hydrogen-bond donors (Lipinski definition) is 4. The lowest BCUT2D eigenvalue weighted by atomic mass is 9.44. The summed E-state index contributed by atoms with van der Waals surface area (Å²) in [5.74, 6) is -3.10. The van der Waals surface area contributed by atoms with E-state index in [1.165, 1.54) is 6.92 Å². The predicted octanol–water partition coefficient (Wildman–Crippen LogP) is -1.18. The number of benzene rings is 1. The molecule has 0 unspecified atom stereocenters. The van der Waals surface area contributed by atoms with E-state index >= 15 is 0 Å². The van der Waals surface area contributed by atoms with Gasteiger partial charge in [-0.3, -0.25) is 4.79 Å². The lowest BCUT2D eigenvalue weighted by molar-refractivity contribution is -0.403. The molecule has 1 aromatic rings. The van der Waals surface area contributed by atoms with Crippen LogP contribution in [0.4, 0.5) is 0 Å². The lowest BCUT2D eigenvalue weighted by Crippen LogP contribution is -2.77. The Hall–Kier alpha value is -2.16. The van der Waals surface area contributed by atoms with Gasteiger partial charge < -0.3 is 48.8 Å². The maximum absolute atomic E-state index is 12.7. The standard InChI is InChI=1S/C24H28O12/c1-11(25)31-9-13-16(26)17(27)18(28)20(33-13)35-23-7-14-22(23,21-34-15(23)8-24(14,30)36-21)10-32-19(29)12-5-3-2-4-6-12/h2-6,13-18,20-21,26-28,30H,7-10H2,1H3/t13-,14-,15+,16-,17+,18-,20+,21-,22+,23+,24-/m1/s1. The summed E-state index contributed by atoms with van der Waals surface area (Å²) in [5, 5.41) is 42.5. The zero-order valence-corrected chi connectivity index (χ0v) is 19.4. The van der Waals surface area contributed by atoms with E-state index in [2.05, 4.69) is 0 Å². The van der Waals surface area contributed by atoms with Crippen molar-refractivity contribution in [3.8, 4) is 0 Å². The molecule has 12 nitrogen and oxygen atoms in total. The second-order valence-corrected chi connectivity index (χ2v) is 10.2. The molecule has 6 bridgehead atoms. The average Bonchev–Trinajstić information content (AvgIpc) is 3.06. The molecule has 4 N–H and O–H groups in total. The van der Waals surface area contributed by atoms with Crippen LogP contribution in [0.3, 0.4) is 0 Å². The number of hydrogen-bond acceptors (Lipinski definition) is 12. The minimum absolute atomic E-state index is 0.105. The molecule has 0 radical (unpaired) electrons. The van der Waals surface area contributed by atoms with Gasteiger partial charge >= 0.3 is 11.9 Å². The van der Waals surface area contributed by atoms with Crippen LogP contribution in [0.5, 0.6) is 0 Å². The highest BCUT2D eigenvalue weighted by Gasteiger charge is 2.91. The molecule has 12 heteroatoms. The van der Waals surface area contributed by atoms with Gasteiger partial charge in [0.05, 0.1) is 17.1 Å². The van der Waals surface area contributed by atoms with Crippen LogP contribution in [-0.2, 0) is 33.2 Å². The number of rotatable bonds is 7. The molecule has 4 saturated heterocycles. The number of aliphatic hydroxyl groups is 4. The second-order valence-electron chi connectivity index (χ2n) is 10.2. The third kappa shape index (κ3) is 3.16. The third-order valence-electron chi connectivity index (χ3n) is 8.38. The van der Waals surface area contributed by atoms with Gasteiger partial charge in [-0.15, -0.1) is 0 Å². The van der Waals surface area contributed by atoms with E-state index in [9.17, 15) is 30.0 Å². The summed E-state index contributed by atoms with van der Waals surface area (Å²) in [7, 11) is 0. The molecule has 3 saturated carbocycles. The van der Waals surface area contributed by atoms with Gasteiger partial charge in [0.1, 0.15) is 43.2 Å². The Morgan fingerprint density at radius 1 is 1.03 bits per heavy atom. The van der Waals surface area contributed by atoms with Crippen molar-refractivity contribution in [3.05, 3.63) is 35.9 Å². The summed E-state index contributed by atoms with van der Waals surface area (Å²) in [6, 6.07) is 8.44. The summed E-state index contributed by atoms with van der Waals surface area (Å²) < 4.78 is 34.5. The van der Waals surface area contributed by atoms with Crippen LogP contribution >= 0.6 is 0 Å². The van der Waals surface area contributed by atoms with E-state index in [1.807, 2.05) is 0 Å². The zero-order valence-electron chi connectivity index (χ0n) is 19.4. The first-order valence-corrected chi connectivity index (χ1v) is 11.9. The van der Waals surface area contributed by atoms with Crippen molar-refractivity contribution in [3.63, 3.8) is 0 Å². The van der Waals surface area contributed by atoms with Crippen molar-refractivity contribution < 1.29 is 58.4 Å². The first-order valence-electron chi connectivity index (χ1n) is 11.9. The van der Waals surface area contributed by atoms with E-state index in [0.717, 1.165) is 0 Å². The Morgan fingerprint density at radius 2 is 1.78 bits per heavy atom. The molecule has 8 rings (SSSR count). The Labute approximate surface area is 205 Å². The maximum Gasteiger partial charge on any atom is 0.338 e. The molecule has 1 aromatic carbocycles. The first-order chi connectivity index (χ1) is 17.1. The fourth-order valence-electron chi connectivity index (χ4n) is 6.57. The zero-order chi connectivity index (χ0) is 25.5. The molecule has 36 heavy (non-hydrogen) atoms. The first kappa shape index (κ1) is 24.2. The van der Waals surface area contributed by atoms with Gasteiger partial charge in [0, 0.05) is 19.3 Å². The SMILES string of the molecule is CC(=O)OC[C@H]1O[C@@H](O[C@]23C[C@@H]4[C@@]2(COC(=O)c2ccccc2)[C@@H]2O[C@H]3C[C@@]4(O)O2)[C@H](O)[C@@H](O)[C@@H]1O. The number of aliphatic hydroxyl groups excluding tert-OH is 3. The Kier molecular flexibility index (Phi) is 5.49. The second kappa shape index (κ2) is 8.17. The smallest absolute Gasteiger partial charge is 0.338 e. The van der Waals surface area contributed by atoms with Crippen molar-refractivity contribution in [1.82, 2.24) is 0 Å². The molecule has 4 heterocycles. The van der Waals surface area contributed by atoms with Crippen molar-refractivity contribution in [1.29, 1.82) is 0 Å². The summed E-state index contributed by atoms with van der Waals surface area (Å²) in [6.07, 6.45) is -8.59. The molecule has 3 aliphatic carbocycles. The van der Waals surface area contributed by atoms with E-state index in [0.29, 0.717) is 5.56 Å². The van der Waals surface area contributed by atoms with E-state index in [-0.39, 0.29) is 26.1 Å². The normalized spacial score (nSPS) is 47.9. The highest BCUT2D eigenvalue weighted by molar-refractivity contribution is 5.89. The van der Waals surface area contributed by atoms with E-state index in [1.54, 1.807) is 30.3 Å². The molecular formula is C24H28O12. The number of ether oxygens (including phenoxy) is 6. The monoisotopic (exact) mass is 508 g/mol. The van der Waals surface area contributed by atoms with E-state index in [4.69, 9.17) is 28.4 Å². The minimum Gasteiger partial charge on any atom is -0.463 e. The molecule has 7 fully saturated rings. The van der Waals surface area contributed by atoms with Gasteiger partial charge in [0.2, 0.25) is 0 Å². The molecule has 0 aromatic heterocycles. The number of carbonyl (C=O) groups is 2. The van der Waals surface area contributed by atoms with Crippen LogP contribution in [0.25, 0.3) is 0 Å². The summed E-state index contributed by atoms with van der Waals surface area (Å²) in [4.78, 5) is 23.9. The van der Waals surface area contributed by atoms with Crippen molar-refractivity contribution in [2.75, 3.05) is 13.2 Å². The van der Waals surface area contributed by atoms with Crippen LogP contribution in [0, 0.1) is 11.3 Å².